The predicted octanol–water partition coefficient (Wildman–Crippen LogP) is 3.79. The fourth-order valence-corrected chi connectivity index (χ4v) is 2.25. The molecule has 2 aromatic carbocycles. The van der Waals surface area contributed by atoms with Crippen LogP contribution in [0, 0.1) is 12.7 Å². The molecule has 7 heteroatoms. The monoisotopic (exact) mass is 395 g/mol. The summed E-state index contributed by atoms with van der Waals surface area (Å²) < 4.78 is 19.3. The number of aryl methyl sites for hydroxylation is 1. The van der Waals surface area contributed by atoms with E-state index in [1.165, 1.54) is 31.2 Å². The number of carbonyl (C=O) groups excluding carboxylic acids is 2. The Morgan fingerprint density at radius 1 is 1.25 bits per heavy atom. The highest BCUT2D eigenvalue weighted by atomic mass is 79.9. The van der Waals surface area contributed by atoms with Crippen molar-refractivity contribution in [2.45, 2.75) is 20.0 Å². The van der Waals surface area contributed by atoms with Crippen LogP contribution in [0.1, 0.15) is 22.8 Å². The number of phenols is 1. The highest BCUT2D eigenvalue weighted by Crippen LogP contribution is 2.21. The van der Waals surface area contributed by atoms with Gasteiger partial charge in [0.15, 0.2) is 6.10 Å². The summed E-state index contributed by atoms with van der Waals surface area (Å²) in [5.41, 5.74) is 0.697. The minimum absolute atomic E-state index is 0.0236. The van der Waals surface area contributed by atoms with Crippen molar-refractivity contribution in [2.24, 2.45) is 0 Å². The molecule has 0 aliphatic rings. The summed E-state index contributed by atoms with van der Waals surface area (Å²) in [4.78, 5) is 24.1. The lowest BCUT2D eigenvalue weighted by molar-refractivity contribution is -0.123. The topological polar surface area (TPSA) is 75.6 Å². The van der Waals surface area contributed by atoms with Crippen molar-refractivity contribution >= 4 is 33.5 Å². The van der Waals surface area contributed by atoms with E-state index in [1.54, 1.807) is 19.1 Å². The molecule has 0 fully saturated rings. The van der Waals surface area contributed by atoms with E-state index < -0.39 is 23.8 Å². The van der Waals surface area contributed by atoms with Gasteiger partial charge in [-0.05, 0) is 44.2 Å². The smallest absolute Gasteiger partial charge is 0.342 e. The van der Waals surface area contributed by atoms with Gasteiger partial charge in [0, 0.05) is 4.47 Å². The van der Waals surface area contributed by atoms with Gasteiger partial charge in [0.2, 0.25) is 0 Å². The van der Waals surface area contributed by atoms with Crippen molar-refractivity contribution in [3.63, 3.8) is 0 Å². The van der Waals surface area contributed by atoms with Gasteiger partial charge in [0.25, 0.3) is 5.91 Å². The van der Waals surface area contributed by atoms with E-state index in [-0.39, 0.29) is 17.0 Å². The van der Waals surface area contributed by atoms with Crippen molar-refractivity contribution in [3.05, 3.63) is 57.8 Å². The largest absolute Gasteiger partial charge is 0.507 e. The van der Waals surface area contributed by atoms with Gasteiger partial charge >= 0.3 is 5.97 Å². The molecule has 0 saturated heterocycles. The lowest BCUT2D eigenvalue weighted by Crippen LogP contribution is -2.30. The Labute approximate surface area is 146 Å². The molecule has 2 N–H and O–H groups in total. The van der Waals surface area contributed by atoms with E-state index in [0.29, 0.717) is 4.47 Å². The summed E-state index contributed by atoms with van der Waals surface area (Å²) in [5.74, 6) is -2.38. The number of anilines is 1. The average Bonchev–Trinajstić information content (AvgIpc) is 2.52. The van der Waals surface area contributed by atoms with Gasteiger partial charge in [-0.2, -0.15) is 0 Å². The molecule has 1 amide bonds. The van der Waals surface area contributed by atoms with Crippen LogP contribution in [0.3, 0.4) is 0 Å². The molecule has 24 heavy (non-hydrogen) atoms. The molecule has 0 heterocycles. The van der Waals surface area contributed by atoms with Gasteiger partial charge in [-0.15, -0.1) is 0 Å². The van der Waals surface area contributed by atoms with E-state index in [1.807, 2.05) is 0 Å². The van der Waals surface area contributed by atoms with E-state index in [9.17, 15) is 19.1 Å². The zero-order valence-electron chi connectivity index (χ0n) is 13.0. The van der Waals surface area contributed by atoms with Crippen LogP contribution in [-0.4, -0.2) is 23.1 Å². The molecule has 1 atom stereocenters. The molecule has 2 aromatic rings. The van der Waals surface area contributed by atoms with Crippen molar-refractivity contribution in [3.8, 4) is 5.75 Å². The summed E-state index contributed by atoms with van der Waals surface area (Å²) in [7, 11) is 0. The molecule has 126 valence electrons. The maximum Gasteiger partial charge on any atom is 0.342 e. The summed E-state index contributed by atoms with van der Waals surface area (Å²) >= 11 is 3.12. The first-order chi connectivity index (χ1) is 11.3. The molecular formula is C17H15BrFNO4. The lowest BCUT2D eigenvalue weighted by Gasteiger charge is -2.14. The molecule has 0 aromatic heterocycles. The van der Waals surface area contributed by atoms with Crippen molar-refractivity contribution < 1.29 is 23.8 Å². The van der Waals surface area contributed by atoms with Crippen molar-refractivity contribution in [2.75, 3.05) is 5.32 Å². The maximum absolute atomic E-state index is 13.7. The minimum atomic E-state index is -1.17. The third kappa shape index (κ3) is 4.32. The van der Waals surface area contributed by atoms with Crippen LogP contribution < -0.4 is 5.32 Å². The van der Waals surface area contributed by atoms with Crippen LogP contribution in [-0.2, 0) is 9.53 Å². The Bertz CT molecular complexity index is 794. The molecule has 0 unspecified atom stereocenters. The lowest BCUT2D eigenvalue weighted by atomic mass is 10.1. The number of halogens is 2. The average molecular weight is 396 g/mol. The second kappa shape index (κ2) is 7.44. The van der Waals surface area contributed by atoms with Gasteiger partial charge in [-0.3, -0.25) is 4.79 Å². The summed E-state index contributed by atoms with van der Waals surface area (Å²) in [6.45, 7) is 3.11. The van der Waals surface area contributed by atoms with Gasteiger partial charge in [0.1, 0.15) is 17.1 Å². The Hall–Kier alpha value is -2.41. The third-order valence-electron chi connectivity index (χ3n) is 3.21. The van der Waals surface area contributed by atoms with E-state index >= 15 is 0 Å². The van der Waals surface area contributed by atoms with Crippen LogP contribution in [0.5, 0.6) is 5.75 Å². The molecule has 2 rings (SSSR count). The standard InChI is InChI=1S/C17H15BrFNO4/c1-9-3-6-15(21)12(7-9)17(23)24-10(2)16(22)20-14-5-4-11(18)8-13(14)19/h3-8,10,21H,1-2H3,(H,20,22)/t10-/m0/s1. The Morgan fingerprint density at radius 3 is 2.62 bits per heavy atom. The molecule has 5 nitrogen and oxygen atoms in total. The minimum Gasteiger partial charge on any atom is -0.507 e. The number of carbonyl (C=O) groups is 2. The van der Waals surface area contributed by atoms with Crippen LogP contribution in [0.4, 0.5) is 10.1 Å². The van der Waals surface area contributed by atoms with Gasteiger partial charge in [-0.25, -0.2) is 9.18 Å². The van der Waals surface area contributed by atoms with Crippen LogP contribution in [0.15, 0.2) is 40.9 Å². The summed E-state index contributed by atoms with van der Waals surface area (Å²) in [6, 6.07) is 8.62. The molecule has 0 bridgehead atoms. The quantitative estimate of drug-likeness (QED) is 0.772. The first-order valence-electron chi connectivity index (χ1n) is 7.04. The first kappa shape index (κ1) is 17.9. The maximum atomic E-state index is 13.7. The molecule has 0 spiro atoms. The Kier molecular flexibility index (Phi) is 5.56. The molecule has 0 radical (unpaired) electrons. The number of amides is 1. The van der Waals surface area contributed by atoms with E-state index in [2.05, 4.69) is 21.2 Å². The number of aromatic hydroxyl groups is 1. The summed E-state index contributed by atoms with van der Waals surface area (Å²) in [6.07, 6.45) is -1.17. The highest BCUT2D eigenvalue weighted by molar-refractivity contribution is 9.10. The number of rotatable bonds is 4. The highest BCUT2D eigenvalue weighted by Gasteiger charge is 2.22. The van der Waals surface area contributed by atoms with Crippen molar-refractivity contribution in [1.82, 2.24) is 0 Å². The summed E-state index contributed by atoms with van der Waals surface area (Å²) in [5, 5.41) is 12.0. The van der Waals surface area contributed by atoms with E-state index in [0.717, 1.165) is 5.56 Å². The Balaban J connectivity index is 2.05. The second-order valence-electron chi connectivity index (χ2n) is 5.18. The van der Waals surface area contributed by atoms with Gasteiger partial charge in [0.05, 0.1) is 5.69 Å². The van der Waals surface area contributed by atoms with Gasteiger partial charge < -0.3 is 15.2 Å². The fraction of sp³-hybridized carbons (Fsp3) is 0.176. The van der Waals surface area contributed by atoms with Crippen LogP contribution >= 0.6 is 15.9 Å². The normalized spacial score (nSPS) is 11.7. The van der Waals surface area contributed by atoms with E-state index in [4.69, 9.17) is 4.74 Å². The molecule has 0 saturated carbocycles. The first-order valence-corrected chi connectivity index (χ1v) is 7.83. The van der Waals surface area contributed by atoms with Gasteiger partial charge in [-0.1, -0.05) is 27.6 Å². The SMILES string of the molecule is Cc1ccc(O)c(C(=O)O[C@@H](C)C(=O)Nc2ccc(Br)cc2F)c1. The number of phenolic OH excluding ortho intramolecular Hbond substituents is 1. The zero-order chi connectivity index (χ0) is 17.9. The number of benzene rings is 2. The second-order valence-corrected chi connectivity index (χ2v) is 6.10. The number of hydrogen-bond donors (Lipinski definition) is 2. The Morgan fingerprint density at radius 2 is 1.96 bits per heavy atom. The molecular weight excluding hydrogens is 381 g/mol. The number of hydrogen-bond acceptors (Lipinski definition) is 4. The molecule has 0 aliphatic heterocycles. The zero-order valence-corrected chi connectivity index (χ0v) is 14.6. The molecule has 0 aliphatic carbocycles. The van der Waals surface area contributed by atoms with Crippen LogP contribution in [0.2, 0.25) is 0 Å². The van der Waals surface area contributed by atoms with Crippen LogP contribution in [0.25, 0.3) is 0 Å². The number of nitrogens with one attached hydrogen (secondary N) is 1. The van der Waals surface area contributed by atoms with Crippen molar-refractivity contribution in [1.29, 1.82) is 0 Å². The predicted molar refractivity (Wildman–Crippen MR) is 90.5 cm³/mol. The number of esters is 1. The number of ether oxygens (including phenoxy) is 1. The fourth-order valence-electron chi connectivity index (χ4n) is 1.92. The third-order valence-corrected chi connectivity index (χ3v) is 3.71.